The van der Waals surface area contributed by atoms with Gasteiger partial charge in [0.15, 0.2) is 6.61 Å². The van der Waals surface area contributed by atoms with E-state index in [4.69, 9.17) is 27.9 Å². The van der Waals surface area contributed by atoms with E-state index in [2.05, 4.69) is 11.1 Å². The van der Waals surface area contributed by atoms with E-state index < -0.39 is 0 Å². The van der Waals surface area contributed by atoms with Crippen LogP contribution in [-0.4, -0.2) is 28.5 Å². The van der Waals surface area contributed by atoms with Crippen LogP contribution in [0.4, 0.5) is 0 Å². The van der Waals surface area contributed by atoms with E-state index in [0.29, 0.717) is 35.4 Å². The van der Waals surface area contributed by atoms with Gasteiger partial charge in [-0.05, 0) is 54.1 Å². The quantitative estimate of drug-likeness (QED) is 0.425. The molecular formula is C23H22Cl2N2O2. The molecule has 29 heavy (non-hydrogen) atoms. The molecule has 0 saturated heterocycles. The number of nitrogens with zero attached hydrogens (tertiary/aromatic N) is 2. The largest absolute Gasteiger partial charge is 0.484 e. The number of ether oxygens (including phenoxy) is 1. The van der Waals surface area contributed by atoms with Crippen molar-refractivity contribution in [3.63, 3.8) is 0 Å². The molecule has 0 saturated carbocycles. The summed E-state index contributed by atoms with van der Waals surface area (Å²) in [4.78, 5) is 14.4. The van der Waals surface area contributed by atoms with Crippen molar-refractivity contribution in [1.29, 1.82) is 0 Å². The number of carbonyl (C=O) groups excluding carboxylic acids is 1. The summed E-state index contributed by atoms with van der Waals surface area (Å²) in [5.74, 6) is 0.487. The molecule has 0 spiro atoms. The van der Waals surface area contributed by atoms with E-state index in [-0.39, 0.29) is 12.5 Å². The number of amides is 1. The zero-order chi connectivity index (χ0) is 20.6. The second-order valence-corrected chi connectivity index (χ2v) is 7.44. The second kappa shape index (κ2) is 10.2. The average Bonchev–Trinajstić information content (AvgIpc) is 3.13. The van der Waals surface area contributed by atoms with Crippen LogP contribution in [0.3, 0.4) is 0 Å². The first-order valence-corrected chi connectivity index (χ1v) is 9.96. The molecular weight excluding hydrogens is 407 g/mol. The van der Waals surface area contributed by atoms with Gasteiger partial charge in [-0.3, -0.25) is 4.79 Å². The van der Waals surface area contributed by atoms with Gasteiger partial charge in [-0.2, -0.15) is 0 Å². The standard InChI is InChI=1S/C23H22Cl2N2O2/c1-2-12-27(23(28)17-29-22-10-8-19(24)9-11-22)16-21-7-4-13-26(21)15-18-5-3-6-20(25)14-18/h2-11,13-14H,1,12,15-17H2. The summed E-state index contributed by atoms with van der Waals surface area (Å²) in [6.45, 7) is 5.30. The first-order valence-electron chi connectivity index (χ1n) is 9.20. The van der Waals surface area contributed by atoms with Crippen molar-refractivity contribution in [3.8, 4) is 5.75 Å². The summed E-state index contributed by atoms with van der Waals surface area (Å²) in [6, 6.07) is 18.7. The van der Waals surface area contributed by atoms with Crippen molar-refractivity contribution >= 4 is 29.1 Å². The molecule has 0 aliphatic rings. The lowest BCUT2D eigenvalue weighted by Crippen LogP contribution is -2.35. The van der Waals surface area contributed by atoms with Crippen LogP contribution < -0.4 is 4.74 Å². The zero-order valence-electron chi connectivity index (χ0n) is 15.9. The van der Waals surface area contributed by atoms with Crippen molar-refractivity contribution in [1.82, 2.24) is 9.47 Å². The Kier molecular flexibility index (Phi) is 7.39. The molecule has 0 aliphatic heterocycles. The number of hydrogen-bond acceptors (Lipinski definition) is 2. The molecule has 150 valence electrons. The molecule has 2 aromatic carbocycles. The van der Waals surface area contributed by atoms with E-state index >= 15 is 0 Å². The van der Waals surface area contributed by atoms with Crippen molar-refractivity contribution in [2.45, 2.75) is 13.1 Å². The Morgan fingerprint density at radius 3 is 2.59 bits per heavy atom. The summed E-state index contributed by atoms with van der Waals surface area (Å²) >= 11 is 12.0. The number of hydrogen-bond donors (Lipinski definition) is 0. The van der Waals surface area contributed by atoms with Crippen LogP contribution in [0.1, 0.15) is 11.3 Å². The summed E-state index contributed by atoms with van der Waals surface area (Å²) < 4.78 is 7.71. The van der Waals surface area contributed by atoms with Gasteiger partial charge in [0.05, 0.1) is 6.54 Å². The third-order valence-corrected chi connectivity index (χ3v) is 4.88. The second-order valence-electron chi connectivity index (χ2n) is 6.56. The van der Waals surface area contributed by atoms with Gasteiger partial charge >= 0.3 is 0 Å². The Morgan fingerprint density at radius 1 is 1.07 bits per heavy atom. The van der Waals surface area contributed by atoms with Crippen LogP contribution in [0.5, 0.6) is 5.75 Å². The van der Waals surface area contributed by atoms with Gasteiger partial charge in [0.2, 0.25) is 0 Å². The summed E-state index contributed by atoms with van der Waals surface area (Å²) in [5.41, 5.74) is 2.12. The van der Waals surface area contributed by atoms with E-state index in [1.54, 1.807) is 35.2 Å². The van der Waals surface area contributed by atoms with Crippen molar-refractivity contribution < 1.29 is 9.53 Å². The Bertz CT molecular complexity index is 967. The maximum Gasteiger partial charge on any atom is 0.261 e. The number of rotatable bonds is 9. The number of aromatic nitrogens is 1. The van der Waals surface area contributed by atoms with Gasteiger partial charge < -0.3 is 14.2 Å². The minimum atomic E-state index is -0.115. The molecule has 0 unspecified atom stereocenters. The number of carbonyl (C=O) groups is 1. The molecule has 0 fully saturated rings. The van der Waals surface area contributed by atoms with Crippen molar-refractivity contribution in [3.05, 3.63) is 101 Å². The van der Waals surface area contributed by atoms with E-state index in [0.717, 1.165) is 11.3 Å². The van der Waals surface area contributed by atoms with Gasteiger partial charge in [0.1, 0.15) is 5.75 Å². The molecule has 1 amide bonds. The summed E-state index contributed by atoms with van der Waals surface area (Å²) in [5, 5.41) is 1.33. The van der Waals surface area contributed by atoms with E-state index in [1.165, 1.54) is 0 Å². The molecule has 1 heterocycles. The fraction of sp³-hybridized carbons (Fsp3) is 0.174. The molecule has 0 aliphatic carbocycles. The van der Waals surface area contributed by atoms with Crippen LogP contribution in [0.15, 0.2) is 79.5 Å². The van der Waals surface area contributed by atoms with Gasteiger partial charge in [0.25, 0.3) is 5.91 Å². The molecule has 3 rings (SSSR count). The predicted octanol–water partition coefficient (Wildman–Crippen LogP) is 5.44. The smallest absolute Gasteiger partial charge is 0.261 e. The lowest BCUT2D eigenvalue weighted by atomic mass is 10.2. The predicted molar refractivity (Wildman–Crippen MR) is 118 cm³/mol. The Morgan fingerprint density at radius 2 is 1.86 bits per heavy atom. The molecule has 3 aromatic rings. The molecule has 4 nitrogen and oxygen atoms in total. The Labute approximate surface area is 180 Å². The van der Waals surface area contributed by atoms with E-state index in [1.807, 2.05) is 42.6 Å². The first-order chi connectivity index (χ1) is 14.0. The number of benzene rings is 2. The van der Waals surface area contributed by atoms with Crippen LogP contribution in [0, 0.1) is 0 Å². The molecule has 0 N–H and O–H groups in total. The summed E-state index contributed by atoms with van der Waals surface area (Å²) in [7, 11) is 0. The lowest BCUT2D eigenvalue weighted by molar-refractivity contribution is -0.133. The minimum absolute atomic E-state index is 0.0511. The maximum absolute atomic E-state index is 12.7. The number of halogens is 2. The zero-order valence-corrected chi connectivity index (χ0v) is 17.4. The van der Waals surface area contributed by atoms with Crippen LogP contribution in [0.2, 0.25) is 10.0 Å². The average molecular weight is 429 g/mol. The first kappa shape index (κ1) is 21.0. The van der Waals surface area contributed by atoms with E-state index in [9.17, 15) is 4.79 Å². The van der Waals surface area contributed by atoms with Crippen molar-refractivity contribution in [2.75, 3.05) is 13.2 Å². The van der Waals surface area contributed by atoms with Crippen LogP contribution in [-0.2, 0) is 17.9 Å². The SMILES string of the molecule is C=CCN(Cc1cccn1Cc1cccc(Cl)c1)C(=O)COc1ccc(Cl)cc1. The molecule has 0 bridgehead atoms. The Balaban J connectivity index is 1.65. The highest BCUT2D eigenvalue weighted by molar-refractivity contribution is 6.30. The maximum atomic E-state index is 12.7. The topological polar surface area (TPSA) is 34.5 Å². The highest BCUT2D eigenvalue weighted by Gasteiger charge is 2.15. The van der Waals surface area contributed by atoms with Gasteiger partial charge in [-0.15, -0.1) is 6.58 Å². The third kappa shape index (κ3) is 6.14. The van der Waals surface area contributed by atoms with Gasteiger partial charge in [-0.1, -0.05) is 41.4 Å². The Hall–Kier alpha value is -2.69. The lowest BCUT2D eigenvalue weighted by Gasteiger charge is -2.22. The summed E-state index contributed by atoms with van der Waals surface area (Å²) in [6.07, 6.45) is 3.71. The molecule has 6 heteroatoms. The van der Waals surface area contributed by atoms with Crippen LogP contribution >= 0.6 is 23.2 Å². The highest BCUT2D eigenvalue weighted by atomic mass is 35.5. The highest BCUT2D eigenvalue weighted by Crippen LogP contribution is 2.17. The fourth-order valence-electron chi connectivity index (χ4n) is 2.95. The van der Waals surface area contributed by atoms with Gasteiger partial charge in [0, 0.05) is 35.0 Å². The van der Waals surface area contributed by atoms with Crippen molar-refractivity contribution in [2.24, 2.45) is 0 Å². The fourth-order valence-corrected chi connectivity index (χ4v) is 3.29. The van der Waals surface area contributed by atoms with Crippen LogP contribution in [0.25, 0.3) is 0 Å². The third-order valence-electron chi connectivity index (χ3n) is 4.40. The molecule has 0 radical (unpaired) electrons. The molecule has 0 atom stereocenters. The van der Waals surface area contributed by atoms with Gasteiger partial charge in [-0.25, -0.2) is 0 Å². The molecule has 1 aromatic heterocycles. The normalized spacial score (nSPS) is 10.6. The minimum Gasteiger partial charge on any atom is -0.484 e. The monoisotopic (exact) mass is 428 g/mol.